The molecule has 0 aliphatic heterocycles. The third kappa shape index (κ3) is 2.77. The lowest BCUT2D eigenvalue weighted by atomic mass is 10.2. The number of hydrogen-bond acceptors (Lipinski definition) is 5. The van der Waals surface area contributed by atoms with Crippen molar-refractivity contribution in [1.82, 2.24) is 15.0 Å². The molecule has 1 N–H and O–H groups in total. The van der Waals surface area contributed by atoms with Crippen LogP contribution in [-0.4, -0.2) is 15.0 Å². The number of pyridine rings is 1. The molecule has 4 nitrogen and oxygen atoms in total. The van der Waals surface area contributed by atoms with Crippen molar-refractivity contribution < 1.29 is 0 Å². The van der Waals surface area contributed by atoms with Gasteiger partial charge in [0.15, 0.2) is 0 Å². The van der Waals surface area contributed by atoms with Crippen LogP contribution in [0.4, 0.5) is 5.82 Å². The molecule has 2 aromatic heterocycles. The van der Waals surface area contributed by atoms with Crippen molar-refractivity contribution in [3.05, 3.63) is 54.2 Å². The summed E-state index contributed by atoms with van der Waals surface area (Å²) in [5.41, 5.74) is 0. The molecule has 0 unspecified atom stereocenters. The molecule has 0 fully saturated rings. The van der Waals surface area contributed by atoms with Crippen molar-refractivity contribution in [3.63, 3.8) is 0 Å². The van der Waals surface area contributed by atoms with E-state index in [-0.39, 0.29) is 0 Å². The second-order valence-electron chi connectivity index (χ2n) is 3.78. The summed E-state index contributed by atoms with van der Waals surface area (Å²) in [5.74, 6) is 0.771. The predicted molar refractivity (Wildman–Crippen MR) is 78.3 cm³/mol. The molecule has 0 aliphatic carbocycles. The van der Waals surface area contributed by atoms with Gasteiger partial charge in [-0.3, -0.25) is 0 Å². The van der Waals surface area contributed by atoms with Gasteiger partial charge in [-0.1, -0.05) is 17.7 Å². The number of halogens is 1. The molecule has 19 heavy (non-hydrogen) atoms. The second-order valence-corrected chi connectivity index (χ2v) is 5.02. The SMILES string of the molecule is Clc1nccc2cc(SNc3ccncn3)ccc12. The quantitative estimate of drug-likeness (QED) is 0.587. The van der Waals surface area contributed by atoms with Gasteiger partial charge in [0.1, 0.15) is 17.3 Å². The van der Waals surface area contributed by atoms with Crippen LogP contribution in [0.2, 0.25) is 5.15 Å². The van der Waals surface area contributed by atoms with E-state index in [2.05, 4.69) is 25.7 Å². The summed E-state index contributed by atoms with van der Waals surface area (Å²) in [4.78, 5) is 13.1. The van der Waals surface area contributed by atoms with Gasteiger partial charge in [0.2, 0.25) is 0 Å². The molecule has 0 amide bonds. The smallest absolute Gasteiger partial charge is 0.139 e. The lowest BCUT2D eigenvalue weighted by Gasteiger charge is -2.05. The molecule has 6 heteroatoms. The average molecular weight is 289 g/mol. The Balaban J connectivity index is 1.82. The summed E-state index contributed by atoms with van der Waals surface area (Å²) in [5, 5.41) is 2.54. The van der Waals surface area contributed by atoms with Gasteiger partial charge >= 0.3 is 0 Å². The average Bonchev–Trinajstić information content (AvgIpc) is 2.46. The number of benzene rings is 1. The van der Waals surface area contributed by atoms with Gasteiger partial charge in [0.05, 0.1) is 0 Å². The van der Waals surface area contributed by atoms with E-state index in [4.69, 9.17) is 11.6 Å². The van der Waals surface area contributed by atoms with Crippen LogP contribution in [0, 0.1) is 0 Å². The highest BCUT2D eigenvalue weighted by molar-refractivity contribution is 8.00. The Morgan fingerprint density at radius 3 is 2.84 bits per heavy atom. The molecule has 1 aromatic carbocycles. The molecule has 0 aliphatic rings. The van der Waals surface area contributed by atoms with E-state index >= 15 is 0 Å². The first kappa shape index (κ1) is 12.2. The molecule has 3 rings (SSSR count). The largest absolute Gasteiger partial charge is 0.310 e. The zero-order chi connectivity index (χ0) is 13.1. The van der Waals surface area contributed by atoms with E-state index < -0.39 is 0 Å². The Morgan fingerprint density at radius 2 is 2.00 bits per heavy atom. The summed E-state index contributed by atoms with van der Waals surface area (Å²) in [7, 11) is 0. The van der Waals surface area contributed by atoms with Crippen molar-refractivity contribution in [2.45, 2.75) is 4.90 Å². The zero-order valence-electron chi connectivity index (χ0n) is 9.75. The van der Waals surface area contributed by atoms with Gasteiger partial charge in [0, 0.05) is 22.7 Å². The normalized spacial score (nSPS) is 10.6. The van der Waals surface area contributed by atoms with Crippen molar-refractivity contribution in [2.75, 3.05) is 4.72 Å². The highest BCUT2D eigenvalue weighted by Gasteiger charge is 2.02. The minimum absolute atomic E-state index is 0.526. The first-order chi connectivity index (χ1) is 9.33. The van der Waals surface area contributed by atoms with Crippen LogP contribution in [0.3, 0.4) is 0 Å². The van der Waals surface area contributed by atoms with Crippen LogP contribution in [-0.2, 0) is 0 Å². The Morgan fingerprint density at radius 1 is 1.05 bits per heavy atom. The third-order valence-corrected chi connectivity index (χ3v) is 3.64. The van der Waals surface area contributed by atoms with Gasteiger partial charge < -0.3 is 4.72 Å². The minimum Gasteiger partial charge on any atom is -0.310 e. The van der Waals surface area contributed by atoms with E-state index in [9.17, 15) is 0 Å². The molecule has 0 bridgehead atoms. The molecule has 2 heterocycles. The molecular formula is C13H9ClN4S. The standard InChI is InChI=1S/C13H9ClN4S/c14-13-11-2-1-10(7-9(11)3-6-16-13)19-18-12-4-5-15-8-17-12/h1-8H,(H,15,17,18). The molecule has 0 radical (unpaired) electrons. The second kappa shape index (κ2) is 5.42. The van der Waals surface area contributed by atoms with Gasteiger partial charge in [0.25, 0.3) is 0 Å². The fourth-order valence-corrected chi connectivity index (χ4v) is 2.54. The molecule has 3 aromatic rings. The maximum absolute atomic E-state index is 6.03. The number of fused-ring (bicyclic) bond motifs is 1. The molecular weight excluding hydrogens is 280 g/mol. The fourth-order valence-electron chi connectivity index (χ4n) is 1.64. The van der Waals surface area contributed by atoms with Crippen LogP contribution in [0.15, 0.2) is 53.9 Å². The number of nitrogens with zero attached hydrogens (tertiary/aromatic N) is 3. The highest BCUT2D eigenvalue weighted by atomic mass is 35.5. The Labute approximate surface area is 119 Å². The monoisotopic (exact) mass is 288 g/mol. The van der Waals surface area contributed by atoms with Gasteiger partial charge in [-0.15, -0.1) is 0 Å². The van der Waals surface area contributed by atoms with Crippen LogP contribution < -0.4 is 4.72 Å². The predicted octanol–water partition coefficient (Wildman–Crippen LogP) is 3.80. The summed E-state index contributed by atoms with van der Waals surface area (Å²) in [6.07, 6.45) is 4.91. The van der Waals surface area contributed by atoms with Crippen molar-refractivity contribution in [3.8, 4) is 0 Å². The highest BCUT2D eigenvalue weighted by Crippen LogP contribution is 2.27. The summed E-state index contributed by atoms with van der Waals surface area (Å²) in [6, 6.07) is 9.77. The molecule has 0 saturated carbocycles. The van der Waals surface area contributed by atoms with Gasteiger partial charge in [-0.05, 0) is 41.6 Å². The Hall–Kier alpha value is -1.85. The fraction of sp³-hybridized carbons (Fsp3) is 0. The first-order valence-electron chi connectivity index (χ1n) is 5.56. The van der Waals surface area contributed by atoms with E-state index in [0.29, 0.717) is 5.15 Å². The Bertz CT molecular complexity index is 705. The number of nitrogens with one attached hydrogen (secondary N) is 1. The maximum Gasteiger partial charge on any atom is 0.139 e. The van der Waals surface area contributed by atoms with E-state index in [0.717, 1.165) is 21.5 Å². The number of anilines is 1. The summed E-state index contributed by atoms with van der Waals surface area (Å²) >= 11 is 7.52. The van der Waals surface area contributed by atoms with Crippen molar-refractivity contribution >= 4 is 40.1 Å². The molecule has 0 saturated heterocycles. The minimum atomic E-state index is 0.526. The topological polar surface area (TPSA) is 50.7 Å². The number of rotatable bonds is 3. The summed E-state index contributed by atoms with van der Waals surface area (Å²) < 4.78 is 3.16. The molecule has 94 valence electrons. The molecule has 0 spiro atoms. The number of aromatic nitrogens is 3. The zero-order valence-corrected chi connectivity index (χ0v) is 11.3. The van der Waals surface area contributed by atoms with Crippen LogP contribution in [0.25, 0.3) is 10.8 Å². The first-order valence-corrected chi connectivity index (χ1v) is 6.75. The summed E-state index contributed by atoms with van der Waals surface area (Å²) in [6.45, 7) is 0. The van der Waals surface area contributed by atoms with E-state index in [1.165, 1.54) is 18.3 Å². The van der Waals surface area contributed by atoms with Crippen LogP contribution >= 0.6 is 23.5 Å². The number of hydrogen-bond donors (Lipinski definition) is 1. The lowest BCUT2D eigenvalue weighted by Crippen LogP contribution is -1.90. The van der Waals surface area contributed by atoms with Crippen LogP contribution in [0.5, 0.6) is 0 Å². The van der Waals surface area contributed by atoms with E-state index in [1.807, 2.05) is 24.3 Å². The van der Waals surface area contributed by atoms with Crippen LogP contribution in [0.1, 0.15) is 0 Å². The van der Waals surface area contributed by atoms with Crippen molar-refractivity contribution in [2.24, 2.45) is 0 Å². The Kier molecular flexibility index (Phi) is 3.48. The lowest BCUT2D eigenvalue weighted by molar-refractivity contribution is 1.18. The third-order valence-electron chi connectivity index (χ3n) is 2.54. The maximum atomic E-state index is 6.03. The van der Waals surface area contributed by atoms with Gasteiger partial charge in [-0.2, -0.15) is 0 Å². The van der Waals surface area contributed by atoms with E-state index in [1.54, 1.807) is 12.4 Å². The van der Waals surface area contributed by atoms with Gasteiger partial charge in [-0.25, -0.2) is 15.0 Å². The van der Waals surface area contributed by atoms with Crippen molar-refractivity contribution in [1.29, 1.82) is 0 Å². The molecule has 0 atom stereocenters.